The van der Waals surface area contributed by atoms with E-state index in [1.807, 2.05) is 0 Å². The van der Waals surface area contributed by atoms with Crippen LogP contribution < -0.4 is 0 Å². The molecule has 0 saturated carbocycles. The first-order valence-corrected chi connectivity index (χ1v) is 31.9. The number of unbranched alkanes of at least 4 members (excludes halogenated alkanes) is 48. The van der Waals surface area contributed by atoms with Crippen LogP contribution in [0.3, 0.4) is 0 Å². The minimum absolute atomic E-state index is 0.0608. The Morgan fingerprint density at radius 1 is 0.314 bits per heavy atom. The fourth-order valence-electron chi connectivity index (χ4n) is 9.90. The van der Waals surface area contributed by atoms with Crippen LogP contribution in [0.4, 0.5) is 0 Å². The van der Waals surface area contributed by atoms with Crippen LogP contribution in [0, 0.1) is 0 Å². The second-order valence-electron chi connectivity index (χ2n) is 21.8. The first kappa shape index (κ1) is 68.4. The number of hydrogen-bond acceptors (Lipinski definition) is 5. The van der Waals surface area contributed by atoms with Gasteiger partial charge in [-0.1, -0.05) is 308 Å². The molecule has 0 aliphatic heterocycles. The molecule has 0 spiro atoms. The zero-order valence-corrected chi connectivity index (χ0v) is 47.6. The van der Waals surface area contributed by atoms with E-state index >= 15 is 0 Å². The number of hydrogen-bond donors (Lipinski definition) is 1. The van der Waals surface area contributed by atoms with Crippen molar-refractivity contribution in [1.82, 2.24) is 0 Å². The summed E-state index contributed by atoms with van der Waals surface area (Å²) in [5, 5.41) is 9.67. The van der Waals surface area contributed by atoms with Crippen molar-refractivity contribution in [2.45, 2.75) is 367 Å². The highest BCUT2D eigenvalue weighted by Gasteiger charge is 2.16. The van der Waals surface area contributed by atoms with Gasteiger partial charge < -0.3 is 14.6 Å². The van der Waals surface area contributed by atoms with E-state index < -0.39 is 6.10 Å². The predicted octanol–water partition coefficient (Wildman–Crippen LogP) is 21.7. The van der Waals surface area contributed by atoms with Gasteiger partial charge in [0.05, 0.1) is 6.61 Å². The van der Waals surface area contributed by atoms with Crippen LogP contribution in [-0.2, 0) is 19.1 Å². The molecule has 0 amide bonds. The van der Waals surface area contributed by atoms with Crippen molar-refractivity contribution in [2.75, 3.05) is 13.2 Å². The largest absolute Gasteiger partial charge is 0.462 e. The summed E-state index contributed by atoms with van der Waals surface area (Å²) < 4.78 is 10.7. The van der Waals surface area contributed by atoms with E-state index in [0.717, 1.165) is 38.5 Å². The third kappa shape index (κ3) is 58.9. The maximum Gasteiger partial charge on any atom is 0.306 e. The standard InChI is InChI=1S/C65H124O5/c1-3-5-7-9-11-13-15-17-19-21-23-25-26-27-28-29-30-31-32-33-34-35-36-37-38-40-42-44-46-48-50-52-54-56-58-60-65(68)70-63(61-66)62-69-64(67)59-57-55-53-51-49-47-45-43-41-39-24-22-20-18-16-14-12-10-8-6-4-2/h21-24,63,66H,3-20,25-62H2,1-2H3/b23-21-,24-22-. The van der Waals surface area contributed by atoms with E-state index in [2.05, 4.69) is 38.2 Å². The van der Waals surface area contributed by atoms with E-state index in [-0.39, 0.29) is 25.2 Å². The predicted molar refractivity (Wildman–Crippen MR) is 307 cm³/mol. The molecule has 1 atom stereocenters. The molecule has 70 heavy (non-hydrogen) atoms. The average Bonchev–Trinajstić information content (AvgIpc) is 3.36. The molecule has 1 N–H and O–H groups in total. The van der Waals surface area contributed by atoms with Crippen molar-refractivity contribution in [3.63, 3.8) is 0 Å². The van der Waals surface area contributed by atoms with Gasteiger partial charge in [0.1, 0.15) is 6.61 Å². The Morgan fingerprint density at radius 3 is 0.771 bits per heavy atom. The SMILES string of the molecule is CCCCCCCCCC/C=C\CCCCCCCCCCCCCCCCCCCCCCCCCC(=O)OC(CO)COC(=O)CCCCCCCCCCC/C=C\CCCCCCCCCC. The van der Waals surface area contributed by atoms with E-state index in [4.69, 9.17) is 9.47 Å². The first-order valence-electron chi connectivity index (χ1n) is 31.9. The van der Waals surface area contributed by atoms with Crippen molar-refractivity contribution < 1.29 is 24.2 Å². The second kappa shape index (κ2) is 61.7. The number of carbonyl (C=O) groups excluding carboxylic acids is 2. The number of esters is 2. The Kier molecular flexibility index (Phi) is 60.3. The number of carbonyl (C=O) groups is 2. The molecule has 0 aliphatic carbocycles. The summed E-state index contributed by atoms with van der Waals surface area (Å²) >= 11 is 0. The molecule has 0 heterocycles. The highest BCUT2D eigenvalue weighted by atomic mass is 16.6. The molecule has 0 bridgehead atoms. The fraction of sp³-hybridized carbons (Fsp3) is 0.908. The highest BCUT2D eigenvalue weighted by Crippen LogP contribution is 2.18. The molecule has 5 nitrogen and oxygen atoms in total. The van der Waals surface area contributed by atoms with Crippen LogP contribution in [0.2, 0.25) is 0 Å². The monoisotopic (exact) mass is 985 g/mol. The molecule has 414 valence electrons. The van der Waals surface area contributed by atoms with Crippen molar-refractivity contribution in [1.29, 1.82) is 0 Å². The number of rotatable bonds is 60. The van der Waals surface area contributed by atoms with Gasteiger partial charge in [-0.3, -0.25) is 9.59 Å². The summed E-state index contributed by atoms with van der Waals surface area (Å²) in [4.78, 5) is 24.6. The Bertz CT molecular complexity index is 1070. The Labute approximate surface area is 438 Å². The molecule has 0 rings (SSSR count). The lowest BCUT2D eigenvalue weighted by molar-refractivity contribution is -0.161. The maximum absolute atomic E-state index is 12.3. The lowest BCUT2D eigenvalue weighted by Crippen LogP contribution is -2.28. The zero-order valence-electron chi connectivity index (χ0n) is 47.6. The van der Waals surface area contributed by atoms with Crippen LogP contribution in [-0.4, -0.2) is 36.4 Å². The second-order valence-corrected chi connectivity index (χ2v) is 21.8. The number of aliphatic hydroxyl groups is 1. The topological polar surface area (TPSA) is 72.8 Å². The molecule has 1 unspecified atom stereocenters. The summed E-state index contributed by atoms with van der Waals surface area (Å²) in [6.07, 6.45) is 79.1. The van der Waals surface area contributed by atoms with Gasteiger partial charge in [0.25, 0.3) is 0 Å². The normalized spacial score (nSPS) is 12.2. The summed E-state index contributed by atoms with van der Waals surface area (Å²) in [6, 6.07) is 0. The van der Waals surface area contributed by atoms with Gasteiger partial charge in [0.15, 0.2) is 6.10 Å². The molecular formula is C65H124O5. The smallest absolute Gasteiger partial charge is 0.306 e. The molecule has 0 aromatic heterocycles. The van der Waals surface area contributed by atoms with Crippen molar-refractivity contribution in [3.8, 4) is 0 Å². The number of aliphatic hydroxyl groups excluding tert-OH is 1. The van der Waals surface area contributed by atoms with Gasteiger partial charge >= 0.3 is 11.9 Å². The van der Waals surface area contributed by atoms with Crippen molar-refractivity contribution in [3.05, 3.63) is 24.3 Å². The third-order valence-corrected chi connectivity index (χ3v) is 14.7. The highest BCUT2D eigenvalue weighted by molar-refractivity contribution is 5.70. The Balaban J connectivity index is 3.38. The molecule has 0 radical (unpaired) electrons. The third-order valence-electron chi connectivity index (χ3n) is 14.7. The van der Waals surface area contributed by atoms with Crippen LogP contribution in [0.25, 0.3) is 0 Å². The molecule has 0 saturated heterocycles. The molecular weight excluding hydrogens is 861 g/mol. The van der Waals surface area contributed by atoms with Crippen LogP contribution in [0.1, 0.15) is 361 Å². The minimum atomic E-state index is -0.769. The molecule has 0 aromatic carbocycles. The summed E-state index contributed by atoms with van der Waals surface area (Å²) in [5.74, 6) is -0.571. The first-order chi connectivity index (χ1) is 34.6. The number of ether oxygens (including phenoxy) is 2. The van der Waals surface area contributed by atoms with Crippen molar-refractivity contribution in [2.24, 2.45) is 0 Å². The molecule has 0 aliphatic rings. The van der Waals surface area contributed by atoms with E-state index in [9.17, 15) is 14.7 Å². The maximum atomic E-state index is 12.3. The lowest BCUT2D eigenvalue weighted by atomic mass is 10.0. The van der Waals surface area contributed by atoms with E-state index in [1.54, 1.807) is 0 Å². The van der Waals surface area contributed by atoms with Crippen LogP contribution >= 0.6 is 0 Å². The quantitative estimate of drug-likeness (QED) is 0.0373. The Hall–Kier alpha value is -1.62. The fourth-order valence-corrected chi connectivity index (χ4v) is 9.90. The zero-order chi connectivity index (χ0) is 50.6. The van der Waals surface area contributed by atoms with E-state index in [1.165, 1.54) is 295 Å². The minimum Gasteiger partial charge on any atom is -0.462 e. The van der Waals surface area contributed by atoms with Gasteiger partial charge in [-0.2, -0.15) is 0 Å². The molecule has 5 heteroatoms. The van der Waals surface area contributed by atoms with Gasteiger partial charge in [0.2, 0.25) is 0 Å². The van der Waals surface area contributed by atoms with E-state index in [0.29, 0.717) is 12.8 Å². The van der Waals surface area contributed by atoms with Gasteiger partial charge in [-0.25, -0.2) is 0 Å². The van der Waals surface area contributed by atoms with Gasteiger partial charge in [0, 0.05) is 12.8 Å². The number of allylic oxidation sites excluding steroid dienone is 4. The molecule has 0 fully saturated rings. The van der Waals surface area contributed by atoms with Gasteiger partial charge in [-0.05, 0) is 64.2 Å². The average molecular weight is 986 g/mol. The van der Waals surface area contributed by atoms with Crippen molar-refractivity contribution >= 4 is 11.9 Å². The summed E-state index contributed by atoms with van der Waals surface area (Å²) in [7, 11) is 0. The summed E-state index contributed by atoms with van der Waals surface area (Å²) in [5.41, 5.74) is 0. The summed E-state index contributed by atoms with van der Waals surface area (Å²) in [6.45, 7) is 4.19. The van der Waals surface area contributed by atoms with Crippen LogP contribution in [0.5, 0.6) is 0 Å². The lowest BCUT2D eigenvalue weighted by Gasteiger charge is -2.15. The Morgan fingerprint density at radius 2 is 0.529 bits per heavy atom. The van der Waals surface area contributed by atoms with Gasteiger partial charge in [-0.15, -0.1) is 0 Å². The molecule has 0 aromatic rings. The van der Waals surface area contributed by atoms with Crippen LogP contribution in [0.15, 0.2) is 24.3 Å².